The monoisotopic (exact) mass is 324 g/mol. The molecule has 1 heterocycles. The van der Waals surface area contributed by atoms with Crippen molar-refractivity contribution in [3.8, 4) is 0 Å². The fourth-order valence-corrected chi connectivity index (χ4v) is 4.11. The molecule has 1 N–H and O–H groups in total. The van der Waals surface area contributed by atoms with Crippen LogP contribution in [0.25, 0.3) is 0 Å². The second-order valence-corrected chi connectivity index (χ2v) is 8.90. The first-order valence-electron chi connectivity index (χ1n) is 9.44. The Bertz CT molecular complexity index is 405. The van der Waals surface area contributed by atoms with E-state index in [-0.39, 0.29) is 11.5 Å². The highest BCUT2D eigenvalue weighted by atomic mass is 16.6. The molecule has 0 aromatic carbocycles. The summed E-state index contributed by atoms with van der Waals surface area (Å²) in [5.41, 5.74) is -0.253. The first-order chi connectivity index (χ1) is 10.7. The van der Waals surface area contributed by atoms with Gasteiger partial charge in [0.2, 0.25) is 0 Å². The molecule has 0 spiro atoms. The molecule has 3 unspecified atom stereocenters. The highest BCUT2D eigenvalue weighted by molar-refractivity contribution is 5.68. The summed E-state index contributed by atoms with van der Waals surface area (Å²) in [5.74, 6) is 0.837. The van der Waals surface area contributed by atoms with Gasteiger partial charge < -0.3 is 15.0 Å². The van der Waals surface area contributed by atoms with Crippen LogP contribution in [0.2, 0.25) is 0 Å². The van der Waals surface area contributed by atoms with Crippen LogP contribution >= 0.6 is 0 Å². The Morgan fingerprint density at radius 3 is 2.70 bits per heavy atom. The van der Waals surface area contributed by atoms with Gasteiger partial charge in [-0.3, -0.25) is 0 Å². The number of piperidine rings is 1. The Morgan fingerprint density at radius 2 is 2.04 bits per heavy atom. The molecule has 1 amide bonds. The second kappa shape index (κ2) is 7.42. The molecule has 0 radical (unpaired) electrons. The standard InChI is InChI=1S/C19H36N2O2/c1-6-15-9-7-10-16(15)20-13-19(5)11-8-12-21(14-19)17(22)23-18(2,3)4/h15-16,20H,6-14H2,1-5H3. The average Bonchev–Trinajstić information content (AvgIpc) is 2.91. The van der Waals surface area contributed by atoms with Crippen LogP contribution in [0.1, 0.15) is 73.1 Å². The molecule has 134 valence electrons. The Hall–Kier alpha value is -0.770. The molecule has 0 aromatic heterocycles. The van der Waals surface area contributed by atoms with Crippen molar-refractivity contribution in [2.45, 2.75) is 84.8 Å². The van der Waals surface area contributed by atoms with Crippen LogP contribution in [-0.4, -0.2) is 42.3 Å². The van der Waals surface area contributed by atoms with Crippen LogP contribution < -0.4 is 5.32 Å². The van der Waals surface area contributed by atoms with E-state index in [0.29, 0.717) is 6.04 Å². The van der Waals surface area contributed by atoms with Crippen LogP contribution in [0.4, 0.5) is 4.79 Å². The second-order valence-electron chi connectivity index (χ2n) is 8.90. The molecule has 2 rings (SSSR count). The van der Waals surface area contributed by atoms with E-state index in [1.165, 1.54) is 32.1 Å². The molecule has 1 saturated carbocycles. The third-order valence-electron chi connectivity index (χ3n) is 5.41. The summed E-state index contributed by atoms with van der Waals surface area (Å²) in [6.45, 7) is 13.0. The molecule has 0 aromatic rings. The molecule has 0 bridgehead atoms. The summed E-state index contributed by atoms with van der Waals surface area (Å²) in [6.07, 6.45) is 7.41. The van der Waals surface area contributed by atoms with Crippen LogP contribution in [0.5, 0.6) is 0 Å². The summed E-state index contributed by atoms with van der Waals surface area (Å²) >= 11 is 0. The fourth-order valence-electron chi connectivity index (χ4n) is 4.11. The van der Waals surface area contributed by atoms with Gasteiger partial charge in [0, 0.05) is 25.7 Å². The minimum absolute atomic E-state index is 0.157. The predicted octanol–water partition coefficient (Wildman–Crippen LogP) is 4.19. The minimum atomic E-state index is -0.415. The lowest BCUT2D eigenvalue weighted by atomic mass is 9.81. The number of amides is 1. The average molecular weight is 325 g/mol. The Balaban J connectivity index is 1.87. The van der Waals surface area contributed by atoms with E-state index < -0.39 is 5.60 Å². The highest BCUT2D eigenvalue weighted by Gasteiger charge is 2.36. The topological polar surface area (TPSA) is 41.6 Å². The number of carbonyl (C=O) groups is 1. The number of nitrogens with one attached hydrogen (secondary N) is 1. The normalized spacial score (nSPS) is 32.1. The van der Waals surface area contributed by atoms with Crippen LogP contribution in [0, 0.1) is 11.3 Å². The molecule has 1 saturated heterocycles. The lowest BCUT2D eigenvalue weighted by Crippen LogP contribution is -2.51. The van der Waals surface area contributed by atoms with Gasteiger partial charge in [0.15, 0.2) is 0 Å². The summed E-state index contributed by atoms with van der Waals surface area (Å²) in [6, 6.07) is 0.675. The Kier molecular flexibility index (Phi) is 5.99. The quantitative estimate of drug-likeness (QED) is 0.843. The number of carbonyl (C=O) groups excluding carboxylic acids is 1. The lowest BCUT2D eigenvalue weighted by Gasteiger charge is -2.41. The maximum Gasteiger partial charge on any atom is 0.410 e. The number of rotatable bonds is 4. The van der Waals surface area contributed by atoms with Gasteiger partial charge in [0.05, 0.1) is 0 Å². The van der Waals surface area contributed by atoms with Crippen LogP contribution in [-0.2, 0) is 4.74 Å². The maximum atomic E-state index is 12.3. The van der Waals surface area contributed by atoms with Gasteiger partial charge in [-0.1, -0.05) is 26.7 Å². The summed E-state index contributed by atoms with van der Waals surface area (Å²) in [7, 11) is 0. The molecule has 2 aliphatic rings. The van der Waals surface area contributed by atoms with E-state index in [4.69, 9.17) is 4.74 Å². The fraction of sp³-hybridized carbons (Fsp3) is 0.947. The van der Waals surface area contributed by atoms with Gasteiger partial charge in [0.25, 0.3) is 0 Å². The van der Waals surface area contributed by atoms with Crippen molar-refractivity contribution in [2.75, 3.05) is 19.6 Å². The number of nitrogens with zero attached hydrogens (tertiary/aromatic N) is 1. The first kappa shape index (κ1) is 18.6. The van der Waals surface area contributed by atoms with Crippen molar-refractivity contribution in [3.63, 3.8) is 0 Å². The lowest BCUT2D eigenvalue weighted by molar-refractivity contribution is 0.00631. The summed E-state index contributed by atoms with van der Waals surface area (Å²) in [4.78, 5) is 14.2. The molecule has 4 nitrogen and oxygen atoms in total. The van der Waals surface area contributed by atoms with E-state index in [1.807, 2.05) is 25.7 Å². The van der Waals surface area contributed by atoms with Crippen molar-refractivity contribution >= 4 is 6.09 Å². The molecule has 4 heteroatoms. The molecule has 1 aliphatic heterocycles. The molecule has 2 fully saturated rings. The zero-order valence-corrected chi connectivity index (χ0v) is 15.8. The van der Waals surface area contributed by atoms with Crippen molar-refractivity contribution in [1.29, 1.82) is 0 Å². The van der Waals surface area contributed by atoms with Crippen LogP contribution in [0.3, 0.4) is 0 Å². The van der Waals surface area contributed by atoms with Crippen molar-refractivity contribution in [2.24, 2.45) is 11.3 Å². The van der Waals surface area contributed by atoms with Crippen molar-refractivity contribution < 1.29 is 9.53 Å². The zero-order valence-electron chi connectivity index (χ0n) is 15.8. The SMILES string of the molecule is CCC1CCCC1NCC1(C)CCCN(C(=O)OC(C)(C)C)C1. The molecule has 1 aliphatic carbocycles. The Labute approximate surface area is 142 Å². The third kappa shape index (κ3) is 5.37. The van der Waals surface area contributed by atoms with E-state index in [9.17, 15) is 4.79 Å². The number of hydrogen-bond donors (Lipinski definition) is 1. The van der Waals surface area contributed by atoms with Gasteiger partial charge in [-0.05, 0) is 57.8 Å². The maximum absolute atomic E-state index is 12.3. The third-order valence-corrected chi connectivity index (χ3v) is 5.41. The zero-order chi connectivity index (χ0) is 17.1. The van der Waals surface area contributed by atoms with Gasteiger partial charge in [-0.2, -0.15) is 0 Å². The largest absolute Gasteiger partial charge is 0.444 e. The van der Waals surface area contributed by atoms with Gasteiger partial charge >= 0.3 is 6.09 Å². The van der Waals surface area contributed by atoms with Gasteiger partial charge in [-0.15, -0.1) is 0 Å². The van der Waals surface area contributed by atoms with Crippen LogP contribution in [0.15, 0.2) is 0 Å². The van der Waals surface area contributed by atoms with E-state index in [2.05, 4.69) is 19.2 Å². The highest BCUT2D eigenvalue weighted by Crippen LogP contribution is 2.32. The molecule has 23 heavy (non-hydrogen) atoms. The minimum Gasteiger partial charge on any atom is -0.444 e. The number of hydrogen-bond acceptors (Lipinski definition) is 3. The molecular formula is C19H36N2O2. The Morgan fingerprint density at radius 1 is 1.30 bits per heavy atom. The molecule has 3 atom stereocenters. The summed E-state index contributed by atoms with van der Waals surface area (Å²) < 4.78 is 5.55. The van der Waals surface area contributed by atoms with E-state index in [0.717, 1.165) is 32.0 Å². The molecular weight excluding hydrogens is 288 g/mol. The predicted molar refractivity (Wildman–Crippen MR) is 94.6 cm³/mol. The first-order valence-corrected chi connectivity index (χ1v) is 9.44. The van der Waals surface area contributed by atoms with Crippen molar-refractivity contribution in [1.82, 2.24) is 10.2 Å². The number of likely N-dealkylation sites (tertiary alicyclic amines) is 1. The van der Waals surface area contributed by atoms with Gasteiger partial charge in [0.1, 0.15) is 5.60 Å². The van der Waals surface area contributed by atoms with Crippen molar-refractivity contribution in [3.05, 3.63) is 0 Å². The number of ether oxygens (including phenoxy) is 1. The summed E-state index contributed by atoms with van der Waals surface area (Å²) in [5, 5.41) is 3.82. The van der Waals surface area contributed by atoms with Gasteiger partial charge in [-0.25, -0.2) is 4.79 Å². The smallest absolute Gasteiger partial charge is 0.410 e. The van der Waals surface area contributed by atoms with E-state index >= 15 is 0 Å². The van der Waals surface area contributed by atoms with E-state index in [1.54, 1.807) is 0 Å².